The fourth-order valence-electron chi connectivity index (χ4n) is 3.69. The van der Waals surface area contributed by atoms with E-state index in [1.54, 1.807) is 4.88 Å². The van der Waals surface area contributed by atoms with Crippen LogP contribution in [0, 0.1) is 4.77 Å². The first-order valence-corrected chi connectivity index (χ1v) is 10.1. The van der Waals surface area contributed by atoms with Crippen LogP contribution in [0.1, 0.15) is 30.3 Å². The SMILES string of the molecule is CCn1c(-c2ccccc2)nn(C[NH+]2CCc3sccc3[C@@H]2C)c1=S. The van der Waals surface area contributed by atoms with Crippen LogP contribution in [-0.4, -0.2) is 20.9 Å². The first kappa shape index (κ1) is 16.7. The van der Waals surface area contributed by atoms with E-state index in [2.05, 4.69) is 42.0 Å². The van der Waals surface area contributed by atoms with E-state index in [4.69, 9.17) is 17.3 Å². The molecule has 2 atom stereocenters. The Hall–Kier alpha value is -1.76. The number of fused-ring (bicyclic) bond motifs is 1. The molecule has 0 amide bonds. The van der Waals surface area contributed by atoms with Gasteiger partial charge in [0.2, 0.25) is 4.77 Å². The predicted molar refractivity (Wildman–Crippen MR) is 104 cm³/mol. The van der Waals surface area contributed by atoms with Gasteiger partial charge in [0.25, 0.3) is 0 Å². The van der Waals surface area contributed by atoms with Gasteiger partial charge in [0, 0.05) is 29.0 Å². The average Bonchev–Trinajstić information content (AvgIpc) is 3.23. The van der Waals surface area contributed by atoms with Gasteiger partial charge < -0.3 is 9.47 Å². The highest BCUT2D eigenvalue weighted by atomic mass is 32.1. The Morgan fingerprint density at radius 2 is 2.08 bits per heavy atom. The number of benzene rings is 1. The zero-order valence-electron chi connectivity index (χ0n) is 14.6. The van der Waals surface area contributed by atoms with Crippen molar-refractivity contribution >= 4 is 23.6 Å². The van der Waals surface area contributed by atoms with Gasteiger partial charge in [-0.3, -0.25) is 0 Å². The third-order valence-corrected chi connectivity index (χ3v) is 6.58. The summed E-state index contributed by atoms with van der Waals surface area (Å²) in [6.45, 7) is 7.24. The van der Waals surface area contributed by atoms with Crippen molar-refractivity contribution < 1.29 is 4.90 Å². The molecule has 3 heterocycles. The first-order valence-electron chi connectivity index (χ1n) is 8.83. The van der Waals surface area contributed by atoms with Gasteiger partial charge in [0.05, 0.1) is 6.54 Å². The molecule has 4 rings (SSSR count). The zero-order chi connectivity index (χ0) is 17.4. The molecule has 0 spiro atoms. The van der Waals surface area contributed by atoms with Crippen LogP contribution >= 0.6 is 23.6 Å². The highest BCUT2D eigenvalue weighted by Crippen LogP contribution is 2.25. The van der Waals surface area contributed by atoms with Gasteiger partial charge in [-0.15, -0.1) is 16.4 Å². The molecule has 0 bridgehead atoms. The van der Waals surface area contributed by atoms with E-state index in [-0.39, 0.29) is 0 Å². The Bertz CT molecular complexity index is 923. The van der Waals surface area contributed by atoms with Crippen LogP contribution < -0.4 is 4.90 Å². The molecule has 0 fully saturated rings. The summed E-state index contributed by atoms with van der Waals surface area (Å²) >= 11 is 7.62. The van der Waals surface area contributed by atoms with Crippen LogP contribution in [0.25, 0.3) is 11.4 Å². The van der Waals surface area contributed by atoms with Gasteiger partial charge in [0.15, 0.2) is 12.5 Å². The van der Waals surface area contributed by atoms with Crippen LogP contribution in [0.5, 0.6) is 0 Å². The third-order valence-electron chi connectivity index (χ3n) is 5.16. The largest absolute Gasteiger partial charge is 0.310 e. The maximum Gasteiger partial charge on any atom is 0.203 e. The molecule has 25 heavy (non-hydrogen) atoms. The Morgan fingerprint density at radius 3 is 2.84 bits per heavy atom. The summed E-state index contributed by atoms with van der Waals surface area (Å²) in [6.07, 6.45) is 1.15. The Balaban J connectivity index is 1.66. The van der Waals surface area contributed by atoms with Crippen LogP contribution in [0.4, 0.5) is 0 Å². The second-order valence-corrected chi connectivity index (χ2v) is 7.92. The lowest BCUT2D eigenvalue weighted by Gasteiger charge is -2.30. The van der Waals surface area contributed by atoms with Crippen LogP contribution in [0.3, 0.4) is 0 Å². The molecule has 1 aliphatic heterocycles. The second-order valence-electron chi connectivity index (χ2n) is 6.55. The number of rotatable bonds is 4. The highest BCUT2D eigenvalue weighted by Gasteiger charge is 2.29. The molecule has 0 saturated heterocycles. The van der Waals surface area contributed by atoms with Crippen molar-refractivity contribution in [3.05, 3.63) is 57.0 Å². The van der Waals surface area contributed by atoms with Crippen molar-refractivity contribution in [1.29, 1.82) is 0 Å². The van der Waals surface area contributed by atoms with Crippen molar-refractivity contribution in [3.63, 3.8) is 0 Å². The number of hydrogen-bond donors (Lipinski definition) is 1. The van der Waals surface area contributed by atoms with Gasteiger partial charge in [-0.2, -0.15) is 4.68 Å². The number of hydrogen-bond acceptors (Lipinski definition) is 3. The molecule has 1 aliphatic rings. The van der Waals surface area contributed by atoms with E-state index >= 15 is 0 Å². The standard InChI is InChI=1S/C19H22N4S2/c1-3-22-18(15-7-5-4-6-8-15)20-23(19(22)24)13-21-11-9-17-16(14(21)2)10-12-25-17/h4-8,10,12,14H,3,9,11,13H2,1-2H3/p+1/t14-/m0/s1. The normalized spacial score (nSPS) is 19.8. The molecule has 0 aliphatic carbocycles. The molecule has 3 aromatic rings. The molecule has 130 valence electrons. The maximum absolute atomic E-state index is 5.73. The Labute approximate surface area is 157 Å². The van der Waals surface area contributed by atoms with E-state index < -0.39 is 0 Å². The number of quaternary nitrogens is 1. The van der Waals surface area contributed by atoms with E-state index in [0.717, 1.165) is 42.3 Å². The molecule has 0 saturated carbocycles. The number of aromatic nitrogens is 3. The Kier molecular flexibility index (Phi) is 4.58. The maximum atomic E-state index is 5.73. The van der Waals surface area contributed by atoms with Crippen molar-refractivity contribution in [1.82, 2.24) is 14.3 Å². The molecule has 2 aromatic heterocycles. The fraction of sp³-hybridized carbons (Fsp3) is 0.368. The number of nitrogens with one attached hydrogen (secondary N) is 1. The Morgan fingerprint density at radius 1 is 1.28 bits per heavy atom. The summed E-state index contributed by atoms with van der Waals surface area (Å²) in [6, 6.07) is 13.1. The van der Waals surface area contributed by atoms with Crippen molar-refractivity contribution in [3.8, 4) is 11.4 Å². The van der Waals surface area contributed by atoms with Gasteiger partial charge in [-0.1, -0.05) is 30.3 Å². The molecule has 1 aromatic carbocycles. The summed E-state index contributed by atoms with van der Waals surface area (Å²) in [5.41, 5.74) is 2.62. The quantitative estimate of drug-likeness (QED) is 0.713. The first-order chi connectivity index (χ1) is 12.2. The molecule has 6 heteroatoms. The minimum absolute atomic E-state index is 0.490. The fourth-order valence-corrected chi connectivity index (χ4v) is 4.99. The molecule has 0 radical (unpaired) electrons. The highest BCUT2D eigenvalue weighted by molar-refractivity contribution is 7.71. The van der Waals surface area contributed by atoms with Crippen molar-refractivity contribution in [2.45, 2.75) is 39.5 Å². The molecular formula is C19H23N4S2+. The monoisotopic (exact) mass is 371 g/mol. The van der Waals surface area contributed by atoms with Crippen molar-refractivity contribution in [2.24, 2.45) is 0 Å². The topological polar surface area (TPSA) is 27.2 Å². The average molecular weight is 372 g/mol. The summed E-state index contributed by atoms with van der Waals surface area (Å²) in [4.78, 5) is 3.08. The summed E-state index contributed by atoms with van der Waals surface area (Å²) in [5.74, 6) is 0.966. The predicted octanol–water partition coefficient (Wildman–Crippen LogP) is 3.32. The molecular weight excluding hydrogens is 348 g/mol. The molecule has 1 N–H and O–H groups in total. The van der Waals surface area contributed by atoms with E-state index in [1.807, 2.05) is 34.2 Å². The van der Waals surface area contributed by atoms with E-state index in [0.29, 0.717) is 6.04 Å². The summed E-state index contributed by atoms with van der Waals surface area (Å²) in [5, 5.41) is 7.10. The minimum Gasteiger partial charge on any atom is -0.310 e. The molecule has 4 nitrogen and oxygen atoms in total. The van der Waals surface area contributed by atoms with Gasteiger partial charge >= 0.3 is 0 Å². The van der Waals surface area contributed by atoms with Gasteiger partial charge in [-0.25, -0.2) is 0 Å². The lowest BCUT2D eigenvalue weighted by Crippen LogP contribution is -3.12. The van der Waals surface area contributed by atoms with Crippen LogP contribution in [-0.2, 0) is 19.6 Å². The second kappa shape index (κ2) is 6.86. The van der Waals surface area contributed by atoms with Crippen LogP contribution in [0.15, 0.2) is 41.8 Å². The zero-order valence-corrected chi connectivity index (χ0v) is 16.2. The lowest BCUT2D eigenvalue weighted by atomic mass is 10.0. The number of thiophene rings is 1. The lowest BCUT2D eigenvalue weighted by molar-refractivity contribution is -0.954. The summed E-state index contributed by atoms with van der Waals surface area (Å²) < 4.78 is 4.97. The van der Waals surface area contributed by atoms with Crippen molar-refractivity contribution in [2.75, 3.05) is 6.54 Å². The number of nitrogens with zero attached hydrogens (tertiary/aromatic N) is 3. The summed E-state index contributed by atoms with van der Waals surface area (Å²) in [7, 11) is 0. The smallest absolute Gasteiger partial charge is 0.203 e. The van der Waals surface area contributed by atoms with Gasteiger partial charge in [0.1, 0.15) is 6.04 Å². The molecule has 1 unspecified atom stereocenters. The minimum atomic E-state index is 0.490. The third kappa shape index (κ3) is 2.99. The van der Waals surface area contributed by atoms with E-state index in [9.17, 15) is 0 Å². The van der Waals surface area contributed by atoms with Crippen LogP contribution in [0.2, 0.25) is 0 Å². The van der Waals surface area contributed by atoms with Gasteiger partial charge in [-0.05, 0) is 37.5 Å². The van der Waals surface area contributed by atoms with E-state index in [1.165, 1.54) is 10.5 Å².